The number of carbonyl (C=O) groups is 2. The number of ether oxygens (including phenoxy) is 1. The van der Waals surface area contributed by atoms with Crippen molar-refractivity contribution in [2.45, 2.75) is 12.5 Å². The van der Waals surface area contributed by atoms with Crippen LogP contribution in [-0.4, -0.2) is 67.8 Å². The van der Waals surface area contributed by atoms with Crippen LogP contribution in [0.1, 0.15) is 17.4 Å². The molecule has 0 aromatic carbocycles. The summed E-state index contributed by atoms with van der Waals surface area (Å²) in [6.07, 6.45) is -0.229. The molecule has 2 amide bonds. The van der Waals surface area contributed by atoms with E-state index in [0.717, 1.165) is 18.0 Å². The van der Waals surface area contributed by atoms with Crippen molar-refractivity contribution in [3.05, 3.63) is 22.4 Å². The number of nitrogens with one attached hydrogen (secondary N) is 2. The number of hydrogen-bond acceptors (Lipinski definition) is 6. The van der Waals surface area contributed by atoms with Gasteiger partial charge in [0.25, 0.3) is 0 Å². The molecule has 2 rings (SSSR count). The Morgan fingerprint density at radius 3 is 2.61 bits per heavy atom. The summed E-state index contributed by atoms with van der Waals surface area (Å²) in [6.45, 7) is 4.52. The fourth-order valence-corrected chi connectivity index (χ4v) is 3.00. The number of carbonyl (C=O) groups excluding carboxylic acids is 2. The summed E-state index contributed by atoms with van der Waals surface area (Å²) in [7, 11) is 0. The molecule has 1 fully saturated rings. The molecule has 1 atom stereocenters. The zero-order valence-corrected chi connectivity index (χ0v) is 13.8. The fraction of sp³-hybridized carbons (Fsp3) is 0.600. The lowest BCUT2D eigenvalue weighted by molar-refractivity contribution is -0.139. The molecule has 0 aliphatic carbocycles. The monoisotopic (exact) mass is 341 g/mol. The number of hydrogen-bond donors (Lipinski definition) is 3. The van der Waals surface area contributed by atoms with E-state index < -0.39 is 17.9 Å². The Balaban J connectivity index is 1.56. The molecule has 1 aromatic heterocycles. The molecule has 0 radical (unpaired) electrons. The number of nitrogens with zero attached hydrogens (tertiary/aromatic N) is 1. The Bertz CT molecular complexity index is 489. The van der Waals surface area contributed by atoms with Gasteiger partial charge in [-0.3, -0.25) is 14.5 Å². The van der Waals surface area contributed by atoms with Crippen LogP contribution in [0, 0.1) is 0 Å². The number of rotatable bonds is 7. The molecular formula is C15H23N3O4S. The molecule has 1 aliphatic rings. The van der Waals surface area contributed by atoms with Crippen LogP contribution in [0.5, 0.6) is 0 Å². The topological polar surface area (TPSA) is 90.9 Å². The molecule has 8 heteroatoms. The van der Waals surface area contributed by atoms with E-state index in [4.69, 9.17) is 4.74 Å². The van der Waals surface area contributed by atoms with E-state index in [2.05, 4.69) is 15.5 Å². The summed E-state index contributed by atoms with van der Waals surface area (Å²) in [5.74, 6) is -1.30. The smallest absolute Gasteiger partial charge is 0.309 e. The SMILES string of the molecule is O=C(NCCC(O)c1cccs1)C(=O)NCCN1CCOCC1. The minimum Gasteiger partial charge on any atom is -0.388 e. The number of morpholine rings is 1. The second-order valence-electron chi connectivity index (χ2n) is 5.29. The first-order valence-corrected chi connectivity index (χ1v) is 8.62. The molecule has 0 saturated carbocycles. The molecular weight excluding hydrogens is 318 g/mol. The molecule has 3 N–H and O–H groups in total. The molecule has 1 aliphatic heterocycles. The number of aliphatic hydroxyl groups excluding tert-OH is 1. The maximum atomic E-state index is 11.7. The van der Waals surface area contributed by atoms with Crippen LogP contribution in [-0.2, 0) is 14.3 Å². The van der Waals surface area contributed by atoms with Gasteiger partial charge in [0, 0.05) is 37.6 Å². The fourth-order valence-electron chi connectivity index (χ4n) is 2.26. The van der Waals surface area contributed by atoms with Crippen LogP contribution in [0.15, 0.2) is 17.5 Å². The molecule has 128 valence electrons. The molecule has 1 unspecified atom stereocenters. The van der Waals surface area contributed by atoms with Crippen LogP contribution < -0.4 is 10.6 Å². The third kappa shape index (κ3) is 6.26. The Morgan fingerprint density at radius 1 is 1.26 bits per heavy atom. The first-order valence-electron chi connectivity index (χ1n) is 7.74. The molecule has 23 heavy (non-hydrogen) atoms. The largest absolute Gasteiger partial charge is 0.388 e. The first-order chi connectivity index (χ1) is 11.2. The van der Waals surface area contributed by atoms with Gasteiger partial charge in [-0.15, -0.1) is 11.3 Å². The van der Waals surface area contributed by atoms with E-state index >= 15 is 0 Å². The highest BCUT2D eigenvalue weighted by molar-refractivity contribution is 7.10. The van der Waals surface area contributed by atoms with Gasteiger partial charge >= 0.3 is 11.8 Å². The third-order valence-corrected chi connectivity index (χ3v) is 4.57. The van der Waals surface area contributed by atoms with Gasteiger partial charge in [-0.25, -0.2) is 0 Å². The quantitative estimate of drug-likeness (QED) is 0.594. The van der Waals surface area contributed by atoms with Gasteiger partial charge in [-0.1, -0.05) is 6.07 Å². The normalized spacial score (nSPS) is 16.7. The van der Waals surface area contributed by atoms with Gasteiger partial charge in [0.15, 0.2) is 0 Å². The average molecular weight is 341 g/mol. The third-order valence-electron chi connectivity index (χ3n) is 3.60. The Morgan fingerprint density at radius 2 is 1.96 bits per heavy atom. The number of aliphatic hydroxyl groups is 1. The maximum Gasteiger partial charge on any atom is 0.309 e. The van der Waals surface area contributed by atoms with E-state index in [9.17, 15) is 14.7 Å². The highest BCUT2D eigenvalue weighted by Gasteiger charge is 2.15. The lowest BCUT2D eigenvalue weighted by atomic mass is 10.2. The van der Waals surface area contributed by atoms with Gasteiger partial charge in [-0.2, -0.15) is 0 Å². The molecule has 0 spiro atoms. The lowest BCUT2D eigenvalue weighted by Gasteiger charge is -2.26. The van der Waals surface area contributed by atoms with E-state index in [-0.39, 0.29) is 6.54 Å². The average Bonchev–Trinajstić information content (AvgIpc) is 3.10. The van der Waals surface area contributed by atoms with E-state index in [1.165, 1.54) is 11.3 Å². The van der Waals surface area contributed by atoms with E-state index in [1.807, 2.05) is 17.5 Å². The molecule has 1 aromatic rings. The van der Waals surface area contributed by atoms with Crippen molar-refractivity contribution in [2.75, 3.05) is 45.9 Å². The van der Waals surface area contributed by atoms with Gasteiger partial charge in [0.05, 0.1) is 19.3 Å². The Hall–Kier alpha value is -1.48. The minimum absolute atomic E-state index is 0.259. The van der Waals surface area contributed by atoms with Crippen LogP contribution >= 0.6 is 11.3 Å². The van der Waals surface area contributed by atoms with Gasteiger partial charge < -0.3 is 20.5 Å². The Kier molecular flexibility index (Phi) is 7.47. The standard InChI is InChI=1S/C15H23N3O4S/c19-12(13-2-1-11-23-13)3-4-16-14(20)15(21)17-5-6-18-7-9-22-10-8-18/h1-2,11-12,19H,3-10H2,(H,16,20)(H,17,21). The second-order valence-corrected chi connectivity index (χ2v) is 6.26. The van der Waals surface area contributed by atoms with Gasteiger partial charge in [0.1, 0.15) is 0 Å². The van der Waals surface area contributed by atoms with Crippen molar-refractivity contribution in [1.82, 2.24) is 15.5 Å². The second kappa shape index (κ2) is 9.61. The van der Waals surface area contributed by atoms with Gasteiger partial charge in [-0.05, 0) is 17.9 Å². The van der Waals surface area contributed by atoms with E-state index in [0.29, 0.717) is 32.7 Å². The van der Waals surface area contributed by atoms with Crippen LogP contribution in [0.2, 0.25) is 0 Å². The van der Waals surface area contributed by atoms with Crippen LogP contribution in [0.4, 0.5) is 0 Å². The highest BCUT2D eigenvalue weighted by Crippen LogP contribution is 2.20. The minimum atomic E-state index is -0.662. The van der Waals surface area contributed by atoms with Crippen molar-refractivity contribution in [1.29, 1.82) is 0 Å². The summed E-state index contributed by atoms with van der Waals surface area (Å²) in [4.78, 5) is 26.4. The Labute approximate surface area is 139 Å². The predicted octanol–water partition coefficient (Wildman–Crippen LogP) is -0.264. The van der Waals surface area contributed by atoms with Crippen molar-refractivity contribution in [3.8, 4) is 0 Å². The summed E-state index contributed by atoms with van der Waals surface area (Å²) < 4.78 is 5.24. The zero-order chi connectivity index (χ0) is 16.5. The zero-order valence-electron chi connectivity index (χ0n) is 13.0. The summed E-state index contributed by atoms with van der Waals surface area (Å²) in [5, 5.41) is 16.9. The predicted molar refractivity (Wildman–Crippen MR) is 87.2 cm³/mol. The van der Waals surface area contributed by atoms with Crippen LogP contribution in [0.3, 0.4) is 0 Å². The lowest BCUT2D eigenvalue weighted by Crippen LogP contribution is -2.45. The first kappa shape index (κ1) is 17.9. The van der Waals surface area contributed by atoms with Crippen molar-refractivity contribution < 1.29 is 19.4 Å². The summed E-state index contributed by atoms with van der Waals surface area (Å²) in [6, 6.07) is 3.71. The van der Waals surface area contributed by atoms with Crippen molar-refractivity contribution in [2.24, 2.45) is 0 Å². The van der Waals surface area contributed by atoms with Crippen molar-refractivity contribution >= 4 is 23.2 Å². The molecule has 7 nitrogen and oxygen atoms in total. The van der Waals surface area contributed by atoms with Gasteiger partial charge in [0.2, 0.25) is 0 Å². The van der Waals surface area contributed by atoms with Crippen LogP contribution in [0.25, 0.3) is 0 Å². The maximum absolute atomic E-state index is 11.7. The number of thiophene rings is 1. The van der Waals surface area contributed by atoms with E-state index in [1.54, 1.807) is 0 Å². The number of amides is 2. The highest BCUT2D eigenvalue weighted by atomic mass is 32.1. The summed E-state index contributed by atoms with van der Waals surface area (Å²) in [5.41, 5.74) is 0. The van der Waals surface area contributed by atoms with Crippen molar-refractivity contribution in [3.63, 3.8) is 0 Å². The molecule has 0 bridgehead atoms. The molecule has 2 heterocycles. The molecule has 1 saturated heterocycles. The summed E-state index contributed by atoms with van der Waals surface area (Å²) >= 11 is 1.47.